The standard InChI is InChI=1S/C18H20N2O3/c1-12(21)13-7-8-17(23-2)15(9-13)11-20-18(22)10-14-5-3-4-6-16(14)19-20/h7-10H,3-6,11H2,1-2H3. The number of benzene rings is 1. The zero-order valence-corrected chi connectivity index (χ0v) is 13.5. The molecule has 0 spiro atoms. The van der Waals surface area contributed by atoms with Crippen LogP contribution in [0.1, 0.15) is 46.9 Å². The van der Waals surface area contributed by atoms with E-state index in [1.54, 1.807) is 31.4 Å². The second-order valence-electron chi connectivity index (χ2n) is 5.90. The van der Waals surface area contributed by atoms with Gasteiger partial charge in [-0.15, -0.1) is 0 Å². The average Bonchev–Trinajstić information content (AvgIpc) is 2.55. The normalized spacial score (nSPS) is 13.5. The number of aryl methyl sites for hydroxylation is 2. The zero-order chi connectivity index (χ0) is 16.4. The third-order valence-electron chi connectivity index (χ3n) is 4.28. The SMILES string of the molecule is COc1ccc(C(C)=O)cc1Cn1nc2c(cc1=O)CCCC2. The number of hydrogen-bond acceptors (Lipinski definition) is 4. The molecule has 0 saturated heterocycles. The number of carbonyl (C=O) groups excluding carboxylic acids is 1. The highest BCUT2D eigenvalue weighted by Crippen LogP contribution is 2.22. The highest BCUT2D eigenvalue weighted by atomic mass is 16.5. The first-order chi connectivity index (χ1) is 11.1. The summed E-state index contributed by atoms with van der Waals surface area (Å²) in [5, 5.41) is 4.52. The van der Waals surface area contributed by atoms with Gasteiger partial charge in [-0.1, -0.05) is 0 Å². The first-order valence-electron chi connectivity index (χ1n) is 7.86. The Morgan fingerprint density at radius 1 is 1.26 bits per heavy atom. The smallest absolute Gasteiger partial charge is 0.267 e. The fourth-order valence-electron chi connectivity index (χ4n) is 3.00. The molecule has 23 heavy (non-hydrogen) atoms. The highest BCUT2D eigenvalue weighted by Gasteiger charge is 2.15. The van der Waals surface area contributed by atoms with Crippen molar-refractivity contribution in [3.05, 3.63) is 57.0 Å². The fraction of sp³-hybridized carbons (Fsp3) is 0.389. The maximum atomic E-state index is 12.3. The zero-order valence-electron chi connectivity index (χ0n) is 13.5. The van der Waals surface area contributed by atoms with Crippen molar-refractivity contribution in [1.29, 1.82) is 0 Å². The van der Waals surface area contributed by atoms with E-state index in [1.807, 2.05) is 0 Å². The molecule has 0 atom stereocenters. The predicted octanol–water partition coefficient (Wildman–Crippen LogP) is 2.38. The summed E-state index contributed by atoms with van der Waals surface area (Å²) in [6.07, 6.45) is 4.08. The van der Waals surface area contributed by atoms with E-state index in [0.29, 0.717) is 17.9 Å². The van der Waals surface area contributed by atoms with Crippen LogP contribution in [0.4, 0.5) is 0 Å². The van der Waals surface area contributed by atoms with E-state index in [0.717, 1.165) is 42.5 Å². The van der Waals surface area contributed by atoms with Gasteiger partial charge in [-0.25, -0.2) is 4.68 Å². The van der Waals surface area contributed by atoms with Crippen molar-refractivity contribution >= 4 is 5.78 Å². The summed E-state index contributed by atoms with van der Waals surface area (Å²) in [6, 6.07) is 6.96. The Balaban J connectivity index is 2.00. The summed E-state index contributed by atoms with van der Waals surface area (Å²) >= 11 is 0. The van der Waals surface area contributed by atoms with Crippen LogP contribution in [0.15, 0.2) is 29.1 Å². The summed E-state index contributed by atoms with van der Waals surface area (Å²) in [5.74, 6) is 0.640. The number of aromatic nitrogens is 2. The van der Waals surface area contributed by atoms with Crippen LogP contribution < -0.4 is 10.3 Å². The van der Waals surface area contributed by atoms with Crippen LogP contribution in [0, 0.1) is 0 Å². The maximum Gasteiger partial charge on any atom is 0.267 e. The van der Waals surface area contributed by atoms with Crippen LogP contribution >= 0.6 is 0 Å². The number of ketones is 1. The Morgan fingerprint density at radius 3 is 2.78 bits per heavy atom. The van der Waals surface area contributed by atoms with Crippen LogP contribution in [0.5, 0.6) is 5.75 Å². The van der Waals surface area contributed by atoms with Gasteiger partial charge in [0.25, 0.3) is 5.56 Å². The van der Waals surface area contributed by atoms with Crippen LogP contribution in [-0.4, -0.2) is 22.7 Å². The molecule has 1 aromatic carbocycles. The molecule has 5 heteroatoms. The molecule has 3 rings (SSSR count). The molecule has 0 saturated carbocycles. The van der Waals surface area contributed by atoms with Crippen molar-refractivity contribution < 1.29 is 9.53 Å². The minimum absolute atomic E-state index is 0.0142. The number of Topliss-reactive ketones (excluding diaryl/α,β-unsaturated/α-hetero) is 1. The fourth-order valence-corrected chi connectivity index (χ4v) is 3.00. The lowest BCUT2D eigenvalue weighted by Gasteiger charge is -2.16. The Labute approximate surface area is 134 Å². The molecule has 1 heterocycles. The van der Waals surface area contributed by atoms with Crippen molar-refractivity contribution in [3.8, 4) is 5.75 Å². The molecule has 5 nitrogen and oxygen atoms in total. The minimum atomic E-state index is -0.110. The minimum Gasteiger partial charge on any atom is -0.496 e. The second-order valence-corrected chi connectivity index (χ2v) is 5.90. The Bertz CT molecular complexity index is 808. The van der Waals surface area contributed by atoms with E-state index in [2.05, 4.69) is 5.10 Å². The van der Waals surface area contributed by atoms with E-state index in [9.17, 15) is 9.59 Å². The van der Waals surface area contributed by atoms with Crippen molar-refractivity contribution in [2.75, 3.05) is 7.11 Å². The van der Waals surface area contributed by atoms with Gasteiger partial charge in [0.2, 0.25) is 0 Å². The van der Waals surface area contributed by atoms with E-state index < -0.39 is 0 Å². The van der Waals surface area contributed by atoms with Gasteiger partial charge in [0.1, 0.15) is 5.75 Å². The van der Waals surface area contributed by atoms with E-state index in [1.165, 1.54) is 11.6 Å². The number of ether oxygens (including phenoxy) is 1. The molecule has 0 radical (unpaired) electrons. The second kappa shape index (κ2) is 6.36. The van der Waals surface area contributed by atoms with Crippen LogP contribution in [0.3, 0.4) is 0 Å². The molecule has 0 bridgehead atoms. The number of carbonyl (C=O) groups is 1. The van der Waals surface area contributed by atoms with Crippen molar-refractivity contribution in [1.82, 2.24) is 9.78 Å². The van der Waals surface area contributed by atoms with E-state index >= 15 is 0 Å². The van der Waals surface area contributed by atoms with Gasteiger partial charge in [0.05, 0.1) is 19.3 Å². The topological polar surface area (TPSA) is 61.2 Å². The molecule has 2 aromatic rings. The van der Waals surface area contributed by atoms with Gasteiger partial charge in [0, 0.05) is 17.2 Å². The Hall–Kier alpha value is -2.43. The monoisotopic (exact) mass is 312 g/mol. The molecule has 0 N–H and O–H groups in total. The molecule has 1 aliphatic carbocycles. The van der Waals surface area contributed by atoms with Gasteiger partial charge in [0.15, 0.2) is 5.78 Å². The van der Waals surface area contributed by atoms with Gasteiger partial charge < -0.3 is 4.74 Å². The van der Waals surface area contributed by atoms with Crippen LogP contribution in [0.2, 0.25) is 0 Å². The lowest BCUT2D eigenvalue weighted by molar-refractivity contribution is 0.101. The summed E-state index contributed by atoms with van der Waals surface area (Å²) in [5.41, 5.74) is 3.36. The molecule has 0 aliphatic heterocycles. The first kappa shape index (κ1) is 15.5. The Morgan fingerprint density at radius 2 is 2.04 bits per heavy atom. The van der Waals surface area contributed by atoms with E-state index in [-0.39, 0.29) is 11.3 Å². The molecule has 1 aliphatic rings. The molecule has 0 amide bonds. The molecule has 0 fully saturated rings. The summed E-state index contributed by atoms with van der Waals surface area (Å²) in [6.45, 7) is 1.82. The molecular weight excluding hydrogens is 292 g/mol. The van der Waals surface area contributed by atoms with Crippen molar-refractivity contribution in [2.24, 2.45) is 0 Å². The maximum absolute atomic E-state index is 12.3. The number of rotatable bonds is 4. The molecule has 0 unspecified atom stereocenters. The third-order valence-corrected chi connectivity index (χ3v) is 4.28. The third kappa shape index (κ3) is 3.18. The average molecular weight is 312 g/mol. The van der Waals surface area contributed by atoms with Crippen molar-refractivity contribution in [3.63, 3.8) is 0 Å². The van der Waals surface area contributed by atoms with E-state index in [4.69, 9.17) is 4.74 Å². The Kier molecular flexibility index (Phi) is 4.28. The van der Waals surface area contributed by atoms with Crippen LogP contribution in [0.25, 0.3) is 0 Å². The number of fused-ring (bicyclic) bond motifs is 1. The van der Waals surface area contributed by atoms with Gasteiger partial charge in [-0.3, -0.25) is 9.59 Å². The highest BCUT2D eigenvalue weighted by molar-refractivity contribution is 5.94. The predicted molar refractivity (Wildman–Crippen MR) is 87.2 cm³/mol. The summed E-state index contributed by atoms with van der Waals surface area (Å²) in [7, 11) is 1.58. The lowest BCUT2D eigenvalue weighted by atomic mass is 9.97. The summed E-state index contributed by atoms with van der Waals surface area (Å²) in [4.78, 5) is 23.9. The number of hydrogen-bond donors (Lipinski definition) is 0. The van der Waals surface area contributed by atoms with Gasteiger partial charge in [-0.2, -0.15) is 5.10 Å². The summed E-state index contributed by atoms with van der Waals surface area (Å²) < 4.78 is 6.81. The van der Waals surface area contributed by atoms with Gasteiger partial charge in [-0.05, 0) is 56.4 Å². The quantitative estimate of drug-likeness (QED) is 0.813. The van der Waals surface area contributed by atoms with Crippen LogP contribution in [-0.2, 0) is 19.4 Å². The molecular formula is C18H20N2O3. The lowest BCUT2D eigenvalue weighted by Crippen LogP contribution is -2.27. The molecule has 1 aromatic heterocycles. The largest absolute Gasteiger partial charge is 0.496 e. The molecule has 120 valence electrons. The number of nitrogens with zero attached hydrogens (tertiary/aromatic N) is 2. The first-order valence-corrected chi connectivity index (χ1v) is 7.86. The number of methoxy groups -OCH3 is 1. The van der Waals surface area contributed by atoms with Gasteiger partial charge >= 0.3 is 0 Å². The van der Waals surface area contributed by atoms with Crippen molar-refractivity contribution in [2.45, 2.75) is 39.2 Å².